The zero-order chi connectivity index (χ0) is 57.0. The van der Waals surface area contributed by atoms with Crippen LogP contribution in [-0.2, 0) is 0 Å². The maximum absolute atomic E-state index is 10.9. The molecule has 0 saturated carbocycles. The van der Waals surface area contributed by atoms with Crippen LogP contribution in [0.4, 0.5) is 0 Å². The predicted octanol–water partition coefficient (Wildman–Crippen LogP) is 13.6. The van der Waals surface area contributed by atoms with Crippen LogP contribution in [0.3, 0.4) is 0 Å². The van der Waals surface area contributed by atoms with Crippen molar-refractivity contribution in [1.82, 2.24) is 29.9 Å². The number of phenols is 7. The van der Waals surface area contributed by atoms with Gasteiger partial charge in [0.2, 0.25) is 0 Å². The molecule has 7 N–H and O–H groups in total. The first-order chi connectivity index (χ1) is 38.8. The lowest BCUT2D eigenvalue weighted by Gasteiger charge is -2.13. The van der Waals surface area contributed by atoms with Gasteiger partial charge in [-0.25, -0.2) is 29.9 Å². The molecule has 0 amide bonds. The first-order valence-electron chi connectivity index (χ1n) is 27.2. The molecule has 8 aromatic rings. The largest absolute Gasteiger partial charge is 0.508 e. The van der Waals surface area contributed by atoms with E-state index in [-0.39, 0.29) is 80.8 Å². The monoisotopic (exact) mass is 1090 g/mol. The zero-order valence-electron chi connectivity index (χ0n) is 45.9. The molecule has 2 aromatic heterocycles. The van der Waals surface area contributed by atoms with E-state index in [0.717, 1.165) is 64.2 Å². The summed E-state index contributed by atoms with van der Waals surface area (Å²) in [6, 6.07) is 28.6. The third kappa shape index (κ3) is 15.8. The normalized spacial score (nSPS) is 10.9. The summed E-state index contributed by atoms with van der Waals surface area (Å²) in [7, 11) is 0. The van der Waals surface area contributed by atoms with E-state index in [1.165, 1.54) is 48.5 Å². The maximum atomic E-state index is 10.9. The van der Waals surface area contributed by atoms with Gasteiger partial charge in [0.15, 0.2) is 34.9 Å². The summed E-state index contributed by atoms with van der Waals surface area (Å²) < 4.78 is 28.5. The Morgan fingerprint density at radius 3 is 0.625 bits per heavy atom. The summed E-state index contributed by atoms with van der Waals surface area (Å²) in [4.78, 5) is 27.3. The van der Waals surface area contributed by atoms with Gasteiger partial charge in [0.1, 0.15) is 69.0 Å². The molecule has 0 atom stereocenters. The molecule has 0 unspecified atom stereocenters. The number of aromatic nitrogens is 6. The second-order valence-electron chi connectivity index (χ2n) is 18.7. The van der Waals surface area contributed by atoms with Crippen LogP contribution >= 0.6 is 0 Å². The van der Waals surface area contributed by atoms with E-state index >= 15 is 0 Å². The molecule has 0 spiro atoms. The van der Waals surface area contributed by atoms with Crippen molar-refractivity contribution in [2.24, 2.45) is 0 Å². The third-order valence-electron chi connectivity index (χ3n) is 12.4. The highest BCUT2D eigenvalue weighted by atomic mass is 16.5. The van der Waals surface area contributed by atoms with Crippen molar-refractivity contribution in [2.45, 2.75) is 98.8 Å². The van der Waals surface area contributed by atoms with Gasteiger partial charge in [0.05, 0.1) is 66.4 Å². The van der Waals surface area contributed by atoms with E-state index in [1.54, 1.807) is 60.7 Å². The second-order valence-corrected chi connectivity index (χ2v) is 18.7. The van der Waals surface area contributed by atoms with Gasteiger partial charge in [-0.05, 0) is 105 Å². The maximum Gasteiger partial charge on any atom is 0.167 e. The fourth-order valence-electron chi connectivity index (χ4n) is 7.81. The van der Waals surface area contributed by atoms with Crippen molar-refractivity contribution >= 4 is 0 Å². The van der Waals surface area contributed by atoms with Gasteiger partial charge in [-0.15, -0.1) is 0 Å². The first kappa shape index (κ1) is 58.6. The number of hydrogen-bond donors (Lipinski definition) is 7. The molecule has 80 heavy (non-hydrogen) atoms. The Hall–Kier alpha value is -9.06. The van der Waals surface area contributed by atoms with E-state index in [0.29, 0.717) is 89.6 Å². The van der Waals surface area contributed by atoms with Crippen LogP contribution in [0.15, 0.2) is 109 Å². The summed E-state index contributed by atoms with van der Waals surface area (Å²) >= 11 is 0. The van der Waals surface area contributed by atoms with Crippen LogP contribution in [0.5, 0.6) is 69.0 Å². The van der Waals surface area contributed by atoms with E-state index < -0.39 is 0 Å². The quantitative estimate of drug-likeness (QED) is 0.0248. The topological polar surface area (TPSA) is 265 Å². The molecule has 0 bridgehead atoms. The van der Waals surface area contributed by atoms with Gasteiger partial charge in [-0.2, -0.15) is 0 Å². The lowest BCUT2D eigenvalue weighted by Crippen LogP contribution is -2.02. The number of nitrogens with zero attached hydrogens (tertiary/aromatic N) is 6. The number of aromatic hydroxyl groups is 7. The number of rotatable bonds is 26. The van der Waals surface area contributed by atoms with Crippen molar-refractivity contribution in [3.05, 3.63) is 109 Å². The van der Waals surface area contributed by atoms with Crippen LogP contribution in [-0.4, -0.2) is 98.7 Å². The summed E-state index contributed by atoms with van der Waals surface area (Å²) in [6.45, 7) is 13.1. The number of ether oxygens (including phenoxy) is 5. The van der Waals surface area contributed by atoms with Crippen molar-refractivity contribution in [1.29, 1.82) is 0 Å². The first-order valence-corrected chi connectivity index (χ1v) is 27.2. The summed E-state index contributed by atoms with van der Waals surface area (Å²) in [5, 5.41) is 74.4. The van der Waals surface area contributed by atoms with Crippen LogP contribution in [0.2, 0.25) is 0 Å². The van der Waals surface area contributed by atoms with E-state index in [4.69, 9.17) is 23.7 Å². The number of hydrogen-bond acceptors (Lipinski definition) is 18. The molecule has 0 fully saturated rings. The zero-order valence-corrected chi connectivity index (χ0v) is 45.9. The van der Waals surface area contributed by atoms with Gasteiger partial charge in [0.25, 0.3) is 0 Å². The smallest absolute Gasteiger partial charge is 0.167 e. The Morgan fingerprint density at radius 1 is 0.263 bits per heavy atom. The standard InChI is InChI=1S/C33H39N3O6.C29H31N3O6/c1-4-7-16-40-22-10-13-25(28(37)19-22)31-34-32(26-14-11-23(20-29(26)38)41-17-8-5-2)36-33(35-31)27-15-12-24(21-30(27)39)42-18-9-6-3;1-3-5-13-37-19-8-11-22(25(35)16-19)28-30-27(21-10-7-18(33)15-24(21)34)31-29(32-28)23-12-9-20(17-26(23)36)38-14-6-4-2/h10-15,19-21,37-39H,4-9,16-18H2,1-3H3;7-12,15-17,33-36H,3-6,13-14H2,1-2H3. The van der Waals surface area contributed by atoms with Gasteiger partial charge in [-0.3, -0.25) is 0 Å². The average Bonchev–Trinajstić information content (AvgIpc) is 3.52. The highest BCUT2D eigenvalue weighted by Gasteiger charge is 2.22. The SMILES string of the molecule is CCCCOc1ccc(-c2nc(-c3ccc(O)cc3O)nc(-c3ccc(OCCCC)cc3O)n2)c(O)c1.CCCCOc1ccc(-c2nc(-c3ccc(OCCCC)cc3O)nc(-c3ccc(OCCCC)cc3O)n2)c(O)c1. The molecular formula is C62H70N6O12. The number of phenolic OH excluding ortho intramolecular Hbond substituents is 7. The predicted molar refractivity (Wildman–Crippen MR) is 306 cm³/mol. The van der Waals surface area contributed by atoms with Crippen molar-refractivity contribution in [3.8, 4) is 137 Å². The molecule has 8 rings (SSSR count). The lowest BCUT2D eigenvalue weighted by molar-refractivity contribution is 0.307. The van der Waals surface area contributed by atoms with E-state index in [9.17, 15) is 35.7 Å². The molecule has 18 heteroatoms. The van der Waals surface area contributed by atoms with E-state index in [2.05, 4.69) is 64.5 Å². The fourth-order valence-corrected chi connectivity index (χ4v) is 7.81. The van der Waals surface area contributed by atoms with E-state index in [1.807, 2.05) is 0 Å². The van der Waals surface area contributed by atoms with Crippen LogP contribution in [0, 0.1) is 0 Å². The molecule has 0 aliphatic rings. The van der Waals surface area contributed by atoms with Gasteiger partial charge >= 0.3 is 0 Å². The minimum atomic E-state index is -0.235. The lowest BCUT2D eigenvalue weighted by atomic mass is 10.1. The molecule has 0 radical (unpaired) electrons. The molecule has 0 saturated heterocycles. The molecule has 6 aromatic carbocycles. The van der Waals surface area contributed by atoms with Crippen molar-refractivity contribution in [2.75, 3.05) is 33.0 Å². The Labute approximate surface area is 466 Å². The second kappa shape index (κ2) is 29.1. The fraction of sp³-hybridized carbons (Fsp3) is 0.323. The van der Waals surface area contributed by atoms with Gasteiger partial charge in [0, 0.05) is 36.4 Å². The highest BCUT2D eigenvalue weighted by molar-refractivity contribution is 5.76. The molecule has 2 heterocycles. The van der Waals surface area contributed by atoms with Gasteiger partial charge < -0.3 is 59.4 Å². The highest BCUT2D eigenvalue weighted by Crippen LogP contribution is 2.40. The minimum Gasteiger partial charge on any atom is -0.508 e. The Balaban J connectivity index is 0.000000232. The molecule has 420 valence electrons. The Bertz CT molecular complexity index is 3060. The Morgan fingerprint density at radius 2 is 0.450 bits per heavy atom. The Kier molecular flexibility index (Phi) is 21.3. The van der Waals surface area contributed by atoms with Gasteiger partial charge in [-0.1, -0.05) is 66.7 Å². The van der Waals surface area contributed by atoms with Crippen molar-refractivity contribution < 1.29 is 59.4 Å². The average molecular weight is 1090 g/mol. The summed E-state index contributed by atoms with van der Waals surface area (Å²) in [6.07, 6.45) is 9.47. The number of unbranched alkanes of at least 4 members (excludes halogenated alkanes) is 5. The molecular weight excluding hydrogens is 1020 g/mol. The van der Waals surface area contributed by atoms with Crippen LogP contribution in [0.1, 0.15) is 98.8 Å². The third-order valence-corrected chi connectivity index (χ3v) is 12.4. The van der Waals surface area contributed by atoms with Crippen LogP contribution < -0.4 is 23.7 Å². The summed E-state index contributed by atoms with van der Waals surface area (Å²) in [5.74, 6) is 2.71. The minimum absolute atomic E-state index is 0.0695. The molecule has 18 nitrogen and oxygen atoms in total. The number of benzene rings is 6. The summed E-state index contributed by atoms with van der Waals surface area (Å²) in [5.41, 5.74) is 1.91. The molecule has 0 aliphatic carbocycles. The van der Waals surface area contributed by atoms with Crippen LogP contribution in [0.25, 0.3) is 68.3 Å². The molecule has 0 aliphatic heterocycles. The van der Waals surface area contributed by atoms with Crippen molar-refractivity contribution in [3.63, 3.8) is 0 Å².